The molecule has 4 rings (SSSR count). The molecule has 4 aromatic rings. The van der Waals surface area contributed by atoms with Crippen molar-refractivity contribution >= 4 is 27.8 Å². The molecule has 0 fully saturated rings. The zero-order valence-corrected chi connectivity index (χ0v) is 23.4. The second kappa shape index (κ2) is 13.4. The van der Waals surface area contributed by atoms with Crippen LogP contribution in [0, 0.1) is 0 Å². The Bertz CT molecular complexity index is 1640. The first-order chi connectivity index (χ1) is 20.7. The number of hydrogen-bond donors (Lipinski definition) is 2. The molecule has 2 aromatic carbocycles. The molecule has 2 aromatic heterocycles. The molecule has 44 heavy (non-hydrogen) atoms. The van der Waals surface area contributed by atoms with E-state index < -0.39 is 54.8 Å². The van der Waals surface area contributed by atoms with E-state index >= 15 is 0 Å². The number of esters is 1. The van der Waals surface area contributed by atoms with Crippen LogP contribution in [0.15, 0.2) is 53.3 Å². The van der Waals surface area contributed by atoms with Gasteiger partial charge < -0.3 is 14.7 Å². The maximum atomic E-state index is 14.1. The van der Waals surface area contributed by atoms with Crippen LogP contribution in [0.25, 0.3) is 33.1 Å². The van der Waals surface area contributed by atoms with E-state index in [-0.39, 0.29) is 17.3 Å². The highest BCUT2D eigenvalue weighted by Crippen LogP contribution is 2.41. The first-order valence-corrected chi connectivity index (χ1v) is 14.1. The number of aromatic amines is 2. The van der Waals surface area contributed by atoms with E-state index in [1.165, 1.54) is 6.07 Å². The second-order valence-corrected chi connectivity index (χ2v) is 10.6. The molecule has 0 aliphatic heterocycles. The number of alkyl halides is 8. The highest BCUT2D eigenvalue weighted by Gasteiger charge is 2.56. The Morgan fingerprint density at radius 3 is 2.05 bits per heavy atom. The van der Waals surface area contributed by atoms with E-state index in [1.807, 2.05) is 30.3 Å². The molecular weight excluding hydrogens is 600 g/mol. The standard InChI is InChI=1S/C31H30F8N2O3/c32-29(33,31(37,38)39)16-9-17-44-25(43)13-8-3-1-2-7-12-20-26-22(41-28(20)19-10-5-4-6-11-19)14-15-23-27(26)21(30(34,35)36)18-24(42)40-23/h4-6,10-11,14-15,18,41H,1-3,7-9,12-13,16-17H2,(H,40,42). The summed E-state index contributed by atoms with van der Waals surface area (Å²) in [6, 6.07) is 12.8. The predicted molar refractivity (Wildman–Crippen MR) is 149 cm³/mol. The van der Waals surface area contributed by atoms with Crippen LogP contribution in [0.3, 0.4) is 0 Å². The van der Waals surface area contributed by atoms with Gasteiger partial charge in [-0.05, 0) is 48.9 Å². The van der Waals surface area contributed by atoms with E-state index in [4.69, 9.17) is 4.74 Å². The molecule has 0 bridgehead atoms. The smallest absolute Gasteiger partial charge is 0.453 e. The molecule has 13 heteroatoms. The summed E-state index contributed by atoms with van der Waals surface area (Å²) in [5.41, 5.74) is 0.893. The van der Waals surface area contributed by atoms with E-state index in [1.54, 1.807) is 6.07 Å². The Morgan fingerprint density at radius 1 is 0.750 bits per heavy atom. The topological polar surface area (TPSA) is 75.0 Å². The molecule has 0 atom stereocenters. The van der Waals surface area contributed by atoms with Crippen molar-refractivity contribution in [3.63, 3.8) is 0 Å². The average Bonchev–Trinajstić information content (AvgIpc) is 3.32. The summed E-state index contributed by atoms with van der Waals surface area (Å²) in [4.78, 5) is 29.6. The molecule has 2 heterocycles. The number of rotatable bonds is 13. The fourth-order valence-electron chi connectivity index (χ4n) is 5.23. The lowest BCUT2D eigenvalue weighted by molar-refractivity contribution is -0.285. The maximum absolute atomic E-state index is 14.1. The predicted octanol–water partition coefficient (Wildman–Crippen LogP) is 9.10. The largest absolute Gasteiger partial charge is 0.466 e. The van der Waals surface area contributed by atoms with Crippen molar-refractivity contribution in [2.24, 2.45) is 0 Å². The van der Waals surface area contributed by atoms with Crippen molar-refractivity contribution in [3.8, 4) is 11.3 Å². The number of fused-ring (bicyclic) bond motifs is 3. The number of hydrogen-bond acceptors (Lipinski definition) is 3. The minimum absolute atomic E-state index is 0.0132. The summed E-state index contributed by atoms with van der Waals surface area (Å²) in [5.74, 6) is -5.52. The van der Waals surface area contributed by atoms with Gasteiger partial charge in [0.15, 0.2) is 0 Å². The zero-order chi connectivity index (χ0) is 32.1. The molecule has 0 spiro atoms. The quantitative estimate of drug-likeness (QED) is 0.0879. The SMILES string of the molecule is O=C(CCCCCCCc1c(-c2ccccc2)[nH]c2ccc3[nH]c(=O)cc(C(F)(F)F)c3c12)OCCCC(F)(F)C(F)(F)F. The van der Waals surface area contributed by atoms with Crippen LogP contribution >= 0.6 is 0 Å². The summed E-state index contributed by atoms with van der Waals surface area (Å²) in [7, 11) is 0. The van der Waals surface area contributed by atoms with Gasteiger partial charge in [-0.2, -0.15) is 35.1 Å². The molecule has 0 aliphatic carbocycles. The van der Waals surface area contributed by atoms with Gasteiger partial charge in [0, 0.05) is 46.4 Å². The number of unbranched alkanes of at least 4 members (excludes halogenated alkanes) is 4. The number of aryl methyl sites for hydroxylation is 1. The van der Waals surface area contributed by atoms with Crippen LogP contribution < -0.4 is 5.56 Å². The average molecular weight is 631 g/mol. The Labute approximate surface area is 246 Å². The van der Waals surface area contributed by atoms with Gasteiger partial charge in [-0.25, -0.2) is 0 Å². The number of carbonyl (C=O) groups excluding carboxylic acids is 1. The first kappa shape index (κ1) is 33.0. The van der Waals surface area contributed by atoms with Crippen LogP contribution in [0.2, 0.25) is 0 Å². The first-order valence-electron chi connectivity index (χ1n) is 14.1. The number of nitrogens with one attached hydrogen (secondary N) is 2. The van der Waals surface area contributed by atoms with Gasteiger partial charge in [-0.1, -0.05) is 49.6 Å². The monoisotopic (exact) mass is 630 g/mol. The van der Waals surface area contributed by atoms with E-state index in [2.05, 4.69) is 9.97 Å². The number of aromatic nitrogens is 2. The zero-order valence-electron chi connectivity index (χ0n) is 23.4. The lowest BCUT2D eigenvalue weighted by atomic mass is 9.95. The van der Waals surface area contributed by atoms with Crippen LogP contribution in [-0.4, -0.2) is 34.6 Å². The van der Waals surface area contributed by atoms with E-state index in [0.29, 0.717) is 66.8 Å². The fourth-order valence-corrected chi connectivity index (χ4v) is 5.23. The third-order valence-corrected chi connectivity index (χ3v) is 7.36. The fraction of sp³-hybridized carbons (Fsp3) is 0.419. The maximum Gasteiger partial charge on any atom is 0.453 e. The molecule has 2 N–H and O–H groups in total. The summed E-state index contributed by atoms with van der Waals surface area (Å²) < 4.78 is 109. The van der Waals surface area contributed by atoms with Crippen LogP contribution in [0.4, 0.5) is 35.1 Å². The lowest BCUT2D eigenvalue weighted by Crippen LogP contribution is -2.36. The number of H-pyrrole nitrogens is 2. The summed E-state index contributed by atoms with van der Waals surface area (Å²) in [6.07, 6.45) is -9.02. The highest BCUT2D eigenvalue weighted by atomic mass is 19.4. The number of halogens is 8. The second-order valence-electron chi connectivity index (χ2n) is 10.6. The number of pyridine rings is 1. The summed E-state index contributed by atoms with van der Waals surface area (Å²) >= 11 is 0. The summed E-state index contributed by atoms with van der Waals surface area (Å²) in [6.45, 7) is -0.530. The molecule has 0 unspecified atom stereocenters. The van der Waals surface area contributed by atoms with Crippen molar-refractivity contribution in [1.82, 2.24) is 9.97 Å². The van der Waals surface area contributed by atoms with Gasteiger partial charge in [0.25, 0.3) is 0 Å². The minimum Gasteiger partial charge on any atom is -0.466 e. The van der Waals surface area contributed by atoms with Gasteiger partial charge in [0.1, 0.15) is 0 Å². The number of ether oxygens (including phenoxy) is 1. The van der Waals surface area contributed by atoms with Crippen molar-refractivity contribution in [1.29, 1.82) is 0 Å². The van der Waals surface area contributed by atoms with E-state index in [9.17, 15) is 44.7 Å². The van der Waals surface area contributed by atoms with Crippen LogP contribution in [0.5, 0.6) is 0 Å². The normalized spacial score (nSPS) is 12.7. The molecule has 0 radical (unpaired) electrons. The molecule has 0 saturated carbocycles. The highest BCUT2D eigenvalue weighted by molar-refractivity contribution is 6.11. The molecule has 0 amide bonds. The van der Waals surface area contributed by atoms with Crippen molar-refractivity contribution < 1.29 is 44.7 Å². The molecule has 0 aliphatic rings. The number of carbonyl (C=O) groups is 1. The van der Waals surface area contributed by atoms with Crippen molar-refractivity contribution in [3.05, 3.63) is 70.0 Å². The molecular formula is C31H30F8N2O3. The van der Waals surface area contributed by atoms with Gasteiger partial charge in [0.2, 0.25) is 5.56 Å². The van der Waals surface area contributed by atoms with Gasteiger partial charge in [0.05, 0.1) is 12.2 Å². The van der Waals surface area contributed by atoms with Crippen LogP contribution in [0.1, 0.15) is 62.5 Å². The third kappa shape index (κ3) is 7.78. The third-order valence-electron chi connectivity index (χ3n) is 7.36. The molecule has 5 nitrogen and oxygen atoms in total. The van der Waals surface area contributed by atoms with Gasteiger partial charge in [-0.3, -0.25) is 9.59 Å². The van der Waals surface area contributed by atoms with Gasteiger partial charge >= 0.3 is 24.2 Å². The van der Waals surface area contributed by atoms with Crippen LogP contribution in [-0.2, 0) is 22.1 Å². The van der Waals surface area contributed by atoms with E-state index in [0.717, 1.165) is 5.56 Å². The van der Waals surface area contributed by atoms with Gasteiger partial charge in [-0.15, -0.1) is 0 Å². The Balaban J connectivity index is 1.38. The van der Waals surface area contributed by atoms with Crippen molar-refractivity contribution in [2.75, 3.05) is 6.61 Å². The molecule has 238 valence electrons. The van der Waals surface area contributed by atoms with Crippen molar-refractivity contribution in [2.45, 2.75) is 76.1 Å². The molecule has 0 saturated heterocycles. The Morgan fingerprint density at radius 2 is 1.39 bits per heavy atom. The number of benzene rings is 2. The Kier molecular flexibility index (Phi) is 10.0. The minimum atomic E-state index is -5.64. The lowest BCUT2D eigenvalue weighted by Gasteiger charge is -2.19. The summed E-state index contributed by atoms with van der Waals surface area (Å²) in [5, 5.41) is 0.310. The Hall–Kier alpha value is -3.90.